The van der Waals surface area contributed by atoms with Crippen LogP contribution < -0.4 is 5.32 Å². The molecule has 0 saturated carbocycles. The Morgan fingerprint density at radius 1 is 1.33 bits per heavy atom. The van der Waals surface area contributed by atoms with Gasteiger partial charge in [0.25, 0.3) is 0 Å². The first kappa shape index (κ1) is 19.4. The second-order valence-corrected chi connectivity index (χ2v) is 6.92. The molecule has 0 aliphatic carbocycles. The molecule has 4 rings (SSSR count). The predicted octanol–water partition coefficient (Wildman–Crippen LogP) is 3.58. The minimum atomic E-state index is 0. The van der Waals surface area contributed by atoms with E-state index in [2.05, 4.69) is 36.3 Å². The Balaban J connectivity index is 0.00000210. The maximum atomic E-state index is 13.1. The summed E-state index contributed by atoms with van der Waals surface area (Å²) in [5.41, 5.74) is 5.24. The third-order valence-corrected chi connectivity index (χ3v) is 5.32. The van der Waals surface area contributed by atoms with E-state index < -0.39 is 0 Å². The molecule has 27 heavy (non-hydrogen) atoms. The molecule has 1 amide bonds. The Kier molecular flexibility index (Phi) is 5.82. The summed E-state index contributed by atoms with van der Waals surface area (Å²) in [6.07, 6.45) is 5.69. The van der Waals surface area contributed by atoms with Gasteiger partial charge in [-0.05, 0) is 36.6 Å². The number of furan rings is 1. The van der Waals surface area contributed by atoms with E-state index in [0.717, 1.165) is 40.7 Å². The summed E-state index contributed by atoms with van der Waals surface area (Å²) >= 11 is 0. The molecule has 3 aromatic rings. The van der Waals surface area contributed by atoms with Crippen LogP contribution in [0.3, 0.4) is 0 Å². The van der Waals surface area contributed by atoms with Gasteiger partial charge >= 0.3 is 0 Å². The zero-order valence-electron chi connectivity index (χ0n) is 15.6. The van der Waals surface area contributed by atoms with Crippen LogP contribution in [0.5, 0.6) is 0 Å². The van der Waals surface area contributed by atoms with E-state index in [1.165, 1.54) is 5.56 Å². The van der Waals surface area contributed by atoms with Crippen molar-refractivity contribution in [2.75, 3.05) is 19.6 Å². The monoisotopic (exact) mass is 385 g/mol. The van der Waals surface area contributed by atoms with E-state index in [9.17, 15) is 4.79 Å². The number of amides is 1. The molecule has 1 atom stereocenters. The molecule has 1 fully saturated rings. The molecular weight excluding hydrogens is 362 g/mol. The van der Waals surface area contributed by atoms with Crippen LogP contribution in [0.2, 0.25) is 0 Å². The molecule has 3 heterocycles. The first-order chi connectivity index (χ1) is 12.6. The normalized spacial score (nSPS) is 17.0. The molecule has 1 saturated heterocycles. The third-order valence-electron chi connectivity index (χ3n) is 5.32. The second-order valence-electron chi connectivity index (χ2n) is 6.92. The van der Waals surface area contributed by atoms with Crippen LogP contribution in [-0.4, -0.2) is 35.4 Å². The van der Waals surface area contributed by atoms with Gasteiger partial charge in [0.2, 0.25) is 5.91 Å². The Morgan fingerprint density at radius 2 is 2.19 bits per heavy atom. The zero-order valence-corrected chi connectivity index (χ0v) is 16.4. The maximum absolute atomic E-state index is 13.1. The fraction of sp³-hybridized carbons (Fsp3) is 0.333. The highest BCUT2D eigenvalue weighted by Crippen LogP contribution is 2.28. The minimum absolute atomic E-state index is 0. The average molecular weight is 386 g/mol. The number of nitrogens with one attached hydrogen (secondary N) is 1. The summed E-state index contributed by atoms with van der Waals surface area (Å²) < 4.78 is 5.77. The first-order valence-electron chi connectivity index (χ1n) is 9.01. The molecule has 1 aliphatic rings. The summed E-state index contributed by atoms with van der Waals surface area (Å²) in [4.78, 5) is 19.3. The smallest absolute Gasteiger partial charge is 0.227 e. The molecule has 6 heteroatoms. The predicted molar refractivity (Wildman–Crippen MR) is 108 cm³/mol. The number of carbonyl (C=O) groups is 1. The summed E-state index contributed by atoms with van der Waals surface area (Å²) in [6, 6.07) is 8.11. The number of piperazine rings is 1. The molecule has 2 aromatic heterocycles. The molecule has 1 unspecified atom stereocenters. The van der Waals surface area contributed by atoms with E-state index in [1.54, 1.807) is 12.5 Å². The number of carbonyl (C=O) groups excluding carboxylic acids is 1. The molecule has 1 aliphatic heterocycles. The number of nitrogens with zero attached hydrogens (tertiary/aromatic N) is 2. The van der Waals surface area contributed by atoms with Crippen molar-refractivity contribution in [2.45, 2.75) is 26.3 Å². The van der Waals surface area contributed by atoms with Crippen molar-refractivity contribution in [3.63, 3.8) is 0 Å². The highest BCUT2D eigenvalue weighted by atomic mass is 35.5. The van der Waals surface area contributed by atoms with E-state index in [0.29, 0.717) is 13.0 Å². The van der Waals surface area contributed by atoms with Crippen molar-refractivity contribution in [3.05, 3.63) is 65.2 Å². The van der Waals surface area contributed by atoms with Gasteiger partial charge in [0.05, 0.1) is 18.7 Å². The van der Waals surface area contributed by atoms with Crippen molar-refractivity contribution < 1.29 is 9.21 Å². The quantitative estimate of drug-likeness (QED) is 0.748. The topological polar surface area (TPSA) is 58.4 Å². The Hall–Kier alpha value is -2.37. The van der Waals surface area contributed by atoms with Crippen LogP contribution in [0.15, 0.2) is 47.3 Å². The Labute approximate surface area is 165 Å². The zero-order chi connectivity index (χ0) is 18.1. The third kappa shape index (κ3) is 3.70. The molecule has 142 valence electrons. The molecule has 0 radical (unpaired) electrons. The number of hydrogen-bond acceptors (Lipinski definition) is 4. The molecule has 1 N–H and O–H groups in total. The number of benzene rings is 1. The van der Waals surface area contributed by atoms with E-state index in [4.69, 9.17) is 4.42 Å². The summed E-state index contributed by atoms with van der Waals surface area (Å²) in [5.74, 6) is 0.126. The van der Waals surface area contributed by atoms with Crippen LogP contribution in [0, 0.1) is 13.8 Å². The fourth-order valence-electron chi connectivity index (χ4n) is 3.66. The van der Waals surface area contributed by atoms with Crippen molar-refractivity contribution in [2.24, 2.45) is 0 Å². The second kappa shape index (κ2) is 8.11. The number of halogens is 1. The minimum Gasteiger partial charge on any atom is -0.464 e. The van der Waals surface area contributed by atoms with Gasteiger partial charge in [-0.15, -0.1) is 12.4 Å². The van der Waals surface area contributed by atoms with Gasteiger partial charge in [0.1, 0.15) is 5.58 Å². The van der Waals surface area contributed by atoms with Gasteiger partial charge in [-0.25, -0.2) is 0 Å². The fourth-order valence-corrected chi connectivity index (χ4v) is 3.66. The van der Waals surface area contributed by atoms with Crippen LogP contribution in [-0.2, 0) is 11.2 Å². The number of fused-ring (bicyclic) bond motifs is 1. The lowest BCUT2D eigenvalue weighted by Crippen LogP contribution is -2.49. The number of rotatable bonds is 3. The van der Waals surface area contributed by atoms with E-state index >= 15 is 0 Å². The SMILES string of the molecule is Cc1ccc2c(CC(=O)N3CCNCC3c3cccnc3)coc2c1C.Cl. The lowest BCUT2D eigenvalue weighted by molar-refractivity contribution is -0.133. The van der Waals surface area contributed by atoms with Gasteiger partial charge in [-0.3, -0.25) is 9.78 Å². The molecule has 1 aromatic carbocycles. The van der Waals surface area contributed by atoms with Gasteiger partial charge in [-0.1, -0.05) is 18.2 Å². The standard InChI is InChI=1S/C21H23N3O2.ClH/c1-14-5-6-18-17(13-26-21(18)15(14)2)10-20(25)24-9-8-23-12-19(24)16-4-3-7-22-11-16;/h3-7,11,13,19,23H,8-10,12H2,1-2H3;1H. The molecule has 5 nitrogen and oxygen atoms in total. The number of hydrogen-bond donors (Lipinski definition) is 1. The van der Waals surface area contributed by atoms with E-state index in [-0.39, 0.29) is 24.4 Å². The largest absolute Gasteiger partial charge is 0.464 e. The van der Waals surface area contributed by atoms with Crippen LogP contribution in [0.25, 0.3) is 11.0 Å². The Morgan fingerprint density at radius 3 is 2.96 bits per heavy atom. The van der Waals surface area contributed by atoms with Gasteiger partial charge < -0.3 is 14.6 Å². The summed E-state index contributed by atoms with van der Waals surface area (Å²) in [6.45, 7) is 6.39. The first-order valence-corrected chi connectivity index (χ1v) is 9.01. The highest BCUT2D eigenvalue weighted by Gasteiger charge is 2.28. The number of aromatic nitrogens is 1. The van der Waals surface area contributed by atoms with Crippen LogP contribution in [0.1, 0.15) is 28.3 Å². The van der Waals surface area contributed by atoms with Crippen LogP contribution >= 0.6 is 12.4 Å². The molecule has 0 bridgehead atoms. The van der Waals surface area contributed by atoms with Crippen molar-refractivity contribution in [1.82, 2.24) is 15.2 Å². The number of pyridine rings is 1. The maximum Gasteiger partial charge on any atom is 0.227 e. The molecular formula is C21H24ClN3O2. The van der Waals surface area contributed by atoms with Gasteiger partial charge in [-0.2, -0.15) is 0 Å². The summed E-state index contributed by atoms with van der Waals surface area (Å²) in [5, 5.41) is 4.42. The lowest BCUT2D eigenvalue weighted by Gasteiger charge is -2.36. The molecule has 0 spiro atoms. The van der Waals surface area contributed by atoms with Crippen LogP contribution in [0.4, 0.5) is 0 Å². The van der Waals surface area contributed by atoms with Crippen molar-refractivity contribution in [1.29, 1.82) is 0 Å². The lowest BCUT2D eigenvalue weighted by atomic mass is 10.0. The average Bonchev–Trinajstić information content (AvgIpc) is 3.09. The van der Waals surface area contributed by atoms with Crippen molar-refractivity contribution >= 4 is 29.3 Å². The van der Waals surface area contributed by atoms with E-state index in [1.807, 2.05) is 23.2 Å². The highest BCUT2D eigenvalue weighted by molar-refractivity contribution is 5.89. The van der Waals surface area contributed by atoms with Gasteiger partial charge in [0.15, 0.2) is 0 Å². The summed E-state index contributed by atoms with van der Waals surface area (Å²) in [7, 11) is 0. The number of aryl methyl sites for hydroxylation is 2. The van der Waals surface area contributed by atoms with Gasteiger partial charge in [0, 0.05) is 43.0 Å². The van der Waals surface area contributed by atoms with Crippen molar-refractivity contribution in [3.8, 4) is 0 Å². The Bertz CT molecular complexity index is 939.